The van der Waals surface area contributed by atoms with Crippen LogP contribution >= 0.6 is 0 Å². The second-order valence-corrected chi connectivity index (χ2v) is 6.03. The SMILES string of the molecule is COc1cc2c(c(OC)c1OC)-c1nc3c(C(=O)O)cccc3cc1C2. The van der Waals surface area contributed by atoms with Crippen LogP contribution in [0.3, 0.4) is 0 Å². The van der Waals surface area contributed by atoms with Gasteiger partial charge in [0, 0.05) is 11.8 Å². The highest BCUT2D eigenvalue weighted by atomic mass is 16.5. The number of pyridine rings is 1. The summed E-state index contributed by atoms with van der Waals surface area (Å²) in [7, 11) is 4.70. The van der Waals surface area contributed by atoms with Crippen LogP contribution in [0.4, 0.5) is 0 Å². The van der Waals surface area contributed by atoms with Gasteiger partial charge in [-0.3, -0.25) is 0 Å². The molecule has 1 aromatic heterocycles. The standard InChI is InChI=1S/C20H17NO5/c1-24-14-9-11-8-12-7-10-5-4-6-13(20(22)23)16(10)21-17(12)15(11)19(26-3)18(14)25-2/h4-7,9H,8H2,1-3H3,(H,22,23). The lowest BCUT2D eigenvalue weighted by molar-refractivity contribution is 0.0699. The highest BCUT2D eigenvalue weighted by Crippen LogP contribution is 2.51. The molecule has 0 aliphatic heterocycles. The summed E-state index contributed by atoms with van der Waals surface area (Å²) in [5, 5.41) is 10.3. The number of hydrogen-bond acceptors (Lipinski definition) is 5. The van der Waals surface area contributed by atoms with Gasteiger partial charge in [-0.05, 0) is 29.3 Å². The van der Waals surface area contributed by atoms with Crippen molar-refractivity contribution in [2.45, 2.75) is 6.42 Å². The van der Waals surface area contributed by atoms with Crippen molar-refractivity contribution in [2.75, 3.05) is 21.3 Å². The van der Waals surface area contributed by atoms with Gasteiger partial charge < -0.3 is 19.3 Å². The fourth-order valence-corrected chi connectivity index (χ4v) is 3.58. The minimum absolute atomic E-state index is 0.179. The van der Waals surface area contributed by atoms with Gasteiger partial charge in [0.2, 0.25) is 5.75 Å². The van der Waals surface area contributed by atoms with E-state index in [1.165, 1.54) is 0 Å². The van der Waals surface area contributed by atoms with Gasteiger partial charge in [0.15, 0.2) is 11.5 Å². The number of carbonyl (C=O) groups is 1. The summed E-state index contributed by atoms with van der Waals surface area (Å²) in [6, 6.07) is 9.07. The van der Waals surface area contributed by atoms with Crippen LogP contribution in [0.5, 0.6) is 17.2 Å². The number of aromatic nitrogens is 1. The molecule has 1 heterocycles. The maximum absolute atomic E-state index is 11.6. The lowest BCUT2D eigenvalue weighted by Gasteiger charge is -2.16. The molecule has 3 aromatic rings. The number of aromatic carboxylic acids is 1. The number of para-hydroxylation sites is 1. The smallest absolute Gasteiger partial charge is 0.337 e. The van der Waals surface area contributed by atoms with Gasteiger partial charge in [0.25, 0.3) is 0 Å². The number of rotatable bonds is 4. The van der Waals surface area contributed by atoms with Gasteiger partial charge in [-0.2, -0.15) is 0 Å². The summed E-state index contributed by atoms with van der Waals surface area (Å²) in [6.45, 7) is 0. The van der Waals surface area contributed by atoms with Crippen LogP contribution < -0.4 is 14.2 Å². The van der Waals surface area contributed by atoms with Crippen LogP contribution in [-0.4, -0.2) is 37.4 Å². The Balaban J connectivity index is 2.05. The normalized spacial score (nSPS) is 11.8. The van der Waals surface area contributed by atoms with Crippen molar-refractivity contribution in [3.8, 4) is 28.5 Å². The third-order valence-electron chi connectivity index (χ3n) is 4.68. The lowest BCUT2D eigenvalue weighted by atomic mass is 10.1. The van der Waals surface area contributed by atoms with E-state index in [1.54, 1.807) is 33.5 Å². The first-order valence-corrected chi connectivity index (χ1v) is 8.07. The zero-order valence-corrected chi connectivity index (χ0v) is 14.6. The zero-order valence-electron chi connectivity index (χ0n) is 14.6. The predicted molar refractivity (Wildman–Crippen MR) is 96.6 cm³/mol. The quantitative estimate of drug-likeness (QED) is 0.606. The van der Waals surface area contributed by atoms with Crippen molar-refractivity contribution in [3.05, 3.63) is 47.0 Å². The maximum Gasteiger partial charge on any atom is 0.337 e. The fourth-order valence-electron chi connectivity index (χ4n) is 3.58. The van der Waals surface area contributed by atoms with Crippen molar-refractivity contribution in [3.63, 3.8) is 0 Å². The molecule has 2 aromatic carbocycles. The Bertz CT molecular complexity index is 1060. The Hall–Kier alpha value is -3.28. The van der Waals surface area contributed by atoms with Gasteiger partial charge in [0.05, 0.1) is 43.7 Å². The summed E-state index contributed by atoms with van der Waals surface area (Å²) in [5.41, 5.74) is 4.21. The van der Waals surface area contributed by atoms with E-state index < -0.39 is 5.97 Å². The summed E-state index contributed by atoms with van der Waals surface area (Å²) < 4.78 is 16.5. The monoisotopic (exact) mass is 351 g/mol. The van der Waals surface area contributed by atoms with Crippen LogP contribution in [0.15, 0.2) is 30.3 Å². The van der Waals surface area contributed by atoms with Crippen molar-refractivity contribution in [2.24, 2.45) is 0 Å². The minimum Gasteiger partial charge on any atom is -0.493 e. The van der Waals surface area contributed by atoms with E-state index in [2.05, 4.69) is 0 Å². The summed E-state index contributed by atoms with van der Waals surface area (Å²) in [6.07, 6.45) is 0.668. The molecule has 0 spiro atoms. The Morgan fingerprint density at radius 3 is 2.46 bits per heavy atom. The molecule has 0 amide bonds. The van der Waals surface area contributed by atoms with E-state index in [1.807, 2.05) is 18.2 Å². The van der Waals surface area contributed by atoms with Crippen LogP contribution in [-0.2, 0) is 6.42 Å². The molecule has 0 unspecified atom stereocenters. The van der Waals surface area contributed by atoms with Gasteiger partial charge >= 0.3 is 5.97 Å². The molecule has 26 heavy (non-hydrogen) atoms. The number of carboxylic acids is 1. The Kier molecular flexibility index (Phi) is 3.68. The zero-order chi connectivity index (χ0) is 18.4. The van der Waals surface area contributed by atoms with Crippen LogP contribution in [0.25, 0.3) is 22.2 Å². The van der Waals surface area contributed by atoms with E-state index in [-0.39, 0.29) is 5.56 Å². The van der Waals surface area contributed by atoms with Gasteiger partial charge in [-0.15, -0.1) is 0 Å². The Morgan fingerprint density at radius 2 is 1.81 bits per heavy atom. The number of benzene rings is 2. The lowest BCUT2D eigenvalue weighted by Crippen LogP contribution is -2.00. The van der Waals surface area contributed by atoms with E-state index in [4.69, 9.17) is 19.2 Å². The maximum atomic E-state index is 11.6. The van der Waals surface area contributed by atoms with Crippen LogP contribution in [0, 0.1) is 0 Å². The van der Waals surface area contributed by atoms with E-state index >= 15 is 0 Å². The van der Waals surface area contributed by atoms with Crippen LogP contribution in [0.2, 0.25) is 0 Å². The molecule has 1 aliphatic carbocycles. The highest BCUT2D eigenvalue weighted by Gasteiger charge is 2.30. The van der Waals surface area contributed by atoms with Crippen molar-refractivity contribution in [1.82, 2.24) is 4.98 Å². The summed E-state index contributed by atoms with van der Waals surface area (Å²) >= 11 is 0. The average Bonchev–Trinajstić information content (AvgIpc) is 3.00. The fraction of sp³-hybridized carbons (Fsp3) is 0.200. The number of nitrogens with zero attached hydrogens (tertiary/aromatic N) is 1. The number of hydrogen-bond donors (Lipinski definition) is 1. The van der Waals surface area contributed by atoms with Crippen molar-refractivity contribution in [1.29, 1.82) is 0 Å². The molecule has 1 aliphatic rings. The molecule has 1 N–H and O–H groups in total. The third-order valence-corrected chi connectivity index (χ3v) is 4.68. The molecule has 4 rings (SSSR count). The Morgan fingerprint density at radius 1 is 1.04 bits per heavy atom. The molecule has 132 valence electrons. The molecule has 6 nitrogen and oxygen atoms in total. The predicted octanol–water partition coefficient (Wildman–Crippen LogP) is 3.53. The van der Waals surface area contributed by atoms with Gasteiger partial charge in [-0.25, -0.2) is 9.78 Å². The number of carboxylic acid groups (broad SMARTS) is 1. The second-order valence-electron chi connectivity index (χ2n) is 6.03. The molecule has 0 fully saturated rings. The molecular formula is C20H17NO5. The molecule has 0 bridgehead atoms. The summed E-state index contributed by atoms with van der Waals surface area (Å²) in [5.74, 6) is 0.627. The molecule has 0 saturated carbocycles. The van der Waals surface area contributed by atoms with Gasteiger partial charge in [-0.1, -0.05) is 12.1 Å². The molecule has 0 saturated heterocycles. The van der Waals surface area contributed by atoms with Crippen LogP contribution in [0.1, 0.15) is 21.5 Å². The third kappa shape index (κ3) is 2.19. The summed E-state index contributed by atoms with van der Waals surface area (Å²) in [4.78, 5) is 16.3. The van der Waals surface area contributed by atoms with Gasteiger partial charge in [0.1, 0.15) is 0 Å². The van der Waals surface area contributed by atoms with E-state index in [0.717, 1.165) is 27.8 Å². The highest BCUT2D eigenvalue weighted by molar-refractivity contribution is 6.03. The average molecular weight is 351 g/mol. The van der Waals surface area contributed by atoms with Crippen molar-refractivity contribution < 1.29 is 24.1 Å². The number of methoxy groups -OCH3 is 3. The first-order valence-electron chi connectivity index (χ1n) is 8.07. The number of fused-ring (bicyclic) bond motifs is 4. The van der Waals surface area contributed by atoms with Crippen molar-refractivity contribution >= 4 is 16.9 Å². The largest absolute Gasteiger partial charge is 0.493 e. The molecular weight excluding hydrogens is 334 g/mol. The van der Waals surface area contributed by atoms with E-state index in [9.17, 15) is 9.90 Å². The molecule has 6 heteroatoms. The first-order chi connectivity index (χ1) is 12.6. The minimum atomic E-state index is -0.999. The molecule has 0 atom stereocenters. The van der Waals surface area contributed by atoms with E-state index in [0.29, 0.717) is 29.2 Å². The second kappa shape index (κ2) is 5.91. The molecule has 0 radical (unpaired) electrons. The topological polar surface area (TPSA) is 77.9 Å². The first kappa shape index (κ1) is 16.2. The Labute approximate surface area is 150 Å². The number of ether oxygens (including phenoxy) is 3.